The summed E-state index contributed by atoms with van der Waals surface area (Å²) < 4.78 is 4.50. The van der Waals surface area contributed by atoms with Crippen LogP contribution < -0.4 is 11.5 Å². The molecule has 1 atom stereocenters. The van der Waals surface area contributed by atoms with Crippen molar-refractivity contribution in [2.24, 2.45) is 11.5 Å². The Hall–Kier alpha value is -0.0300. The Bertz CT molecular complexity index is 178. The lowest BCUT2D eigenvalue weighted by Crippen LogP contribution is -2.54. The van der Waals surface area contributed by atoms with E-state index in [2.05, 4.69) is 4.74 Å². The minimum absolute atomic E-state index is 0.313. The summed E-state index contributed by atoms with van der Waals surface area (Å²) in [7, 11) is 1.24. The van der Waals surface area contributed by atoms with Crippen molar-refractivity contribution in [3.05, 3.63) is 0 Å². The molecule has 0 aromatic rings. The third kappa shape index (κ3) is 3.31. The smallest absolute Gasteiger partial charge is 0.328 e. The van der Waals surface area contributed by atoms with Crippen LogP contribution in [0.4, 0.5) is 0 Å². The van der Waals surface area contributed by atoms with E-state index in [4.69, 9.17) is 34.7 Å². The van der Waals surface area contributed by atoms with Gasteiger partial charge in [0.05, 0.1) is 7.11 Å². The monoisotopic (exact) mass is 228 g/mol. The van der Waals surface area contributed by atoms with Gasteiger partial charge >= 0.3 is 5.97 Å². The molecule has 0 heterocycles. The number of nitrogens with two attached hydrogens (primary N) is 2. The van der Waals surface area contributed by atoms with Crippen LogP contribution in [0.25, 0.3) is 0 Å². The van der Waals surface area contributed by atoms with Gasteiger partial charge in [0.1, 0.15) is 10.4 Å². The number of halogens is 2. The zero-order valence-corrected chi connectivity index (χ0v) is 8.94. The molecule has 0 aliphatic rings. The number of methoxy groups -OCH3 is 1. The average molecular weight is 229 g/mol. The summed E-state index contributed by atoms with van der Waals surface area (Å²) in [5, 5.41) is 0. The summed E-state index contributed by atoms with van der Waals surface area (Å²) in [6.07, 6.45) is 0.884. The van der Waals surface area contributed by atoms with Crippen molar-refractivity contribution in [2.45, 2.75) is 23.2 Å². The van der Waals surface area contributed by atoms with E-state index in [1.165, 1.54) is 7.11 Å². The maximum Gasteiger partial charge on any atom is 0.328 e. The first kappa shape index (κ1) is 13.0. The minimum Gasteiger partial charge on any atom is -0.468 e. The molecule has 0 aromatic heterocycles. The molecule has 0 bridgehead atoms. The summed E-state index contributed by atoms with van der Waals surface area (Å²) in [6.45, 7) is 0.427. The standard InChI is InChI=1S/C7H14Cl2N2O2/c1-13-6(12)7(11,5(8)9)3-2-4-10/h5H,2-4,10-11H2,1H3/t7-/m0/s1. The van der Waals surface area contributed by atoms with E-state index in [0.717, 1.165) is 0 Å². The predicted molar refractivity (Wildman–Crippen MR) is 52.7 cm³/mol. The SMILES string of the molecule is COC(=O)[C@](N)(CCCN)C(Cl)Cl. The van der Waals surface area contributed by atoms with E-state index in [0.29, 0.717) is 19.4 Å². The summed E-state index contributed by atoms with van der Waals surface area (Å²) >= 11 is 11.2. The summed E-state index contributed by atoms with van der Waals surface area (Å²) in [5.41, 5.74) is 9.62. The van der Waals surface area contributed by atoms with Crippen LogP contribution >= 0.6 is 23.2 Å². The molecule has 0 amide bonds. The Balaban J connectivity index is 4.43. The summed E-state index contributed by atoms with van der Waals surface area (Å²) in [6, 6.07) is 0. The van der Waals surface area contributed by atoms with Gasteiger partial charge in [0, 0.05) is 0 Å². The van der Waals surface area contributed by atoms with Gasteiger partial charge in [0.2, 0.25) is 0 Å². The maximum absolute atomic E-state index is 11.2. The second kappa shape index (κ2) is 5.65. The van der Waals surface area contributed by atoms with Crippen molar-refractivity contribution in [3.8, 4) is 0 Å². The average Bonchev–Trinajstić information content (AvgIpc) is 2.12. The third-order valence-electron chi connectivity index (χ3n) is 1.75. The first-order chi connectivity index (χ1) is 5.99. The molecule has 0 aliphatic heterocycles. The van der Waals surface area contributed by atoms with Crippen molar-refractivity contribution in [1.82, 2.24) is 0 Å². The maximum atomic E-state index is 11.2. The molecule has 0 aromatic carbocycles. The fraction of sp³-hybridized carbons (Fsp3) is 0.857. The van der Waals surface area contributed by atoms with Crippen LogP contribution in [0.3, 0.4) is 0 Å². The fourth-order valence-electron chi connectivity index (χ4n) is 0.885. The number of ether oxygens (including phenoxy) is 1. The first-order valence-corrected chi connectivity index (χ1v) is 4.71. The third-order valence-corrected chi connectivity index (χ3v) is 2.53. The van der Waals surface area contributed by atoms with E-state index in [9.17, 15) is 4.79 Å². The molecule has 0 fully saturated rings. The van der Waals surface area contributed by atoms with Gasteiger partial charge in [0.25, 0.3) is 0 Å². The van der Waals surface area contributed by atoms with Gasteiger partial charge in [-0.3, -0.25) is 0 Å². The Morgan fingerprint density at radius 3 is 2.46 bits per heavy atom. The predicted octanol–water partition coefficient (Wildman–Crippen LogP) is 0.399. The fourth-order valence-corrected chi connectivity index (χ4v) is 1.28. The molecular formula is C7H14Cl2N2O2. The zero-order chi connectivity index (χ0) is 10.5. The zero-order valence-electron chi connectivity index (χ0n) is 7.43. The summed E-state index contributed by atoms with van der Waals surface area (Å²) in [4.78, 5) is 10.2. The van der Waals surface area contributed by atoms with Crippen molar-refractivity contribution in [3.63, 3.8) is 0 Å². The highest BCUT2D eigenvalue weighted by Crippen LogP contribution is 2.24. The van der Waals surface area contributed by atoms with Gasteiger partial charge in [-0.2, -0.15) is 0 Å². The van der Waals surface area contributed by atoms with Crippen LogP contribution in [0.5, 0.6) is 0 Å². The van der Waals surface area contributed by atoms with Gasteiger partial charge < -0.3 is 16.2 Å². The van der Waals surface area contributed by atoms with Crippen LogP contribution in [0.15, 0.2) is 0 Å². The molecule has 4 nitrogen and oxygen atoms in total. The Morgan fingerprint density at radius 2 is 2.15 bits per heavy atom. The Labute approximate surface area is 87.5 Å². The van der Waals surface area contributed by atoms with Crippen molar-refractivity contribution < 1.29 is 9.53 Å². The highest BCUT2D eigenvalue weighted by Gasteiger charge is 2.41. The first-order valence-electron chi connectivity index (χ1n) is 3.84. The molecule has 0 unspecified atom stereocenters. The van der Waals surface area contributed by atoms with E-state index in [-0.39, 0.29) is 0 Å². The van der Waals surface area contributed by atoms with E-state index in [1.54, 1.807) is 0 Å². The molecule has 0 saturated heterocycles. The van der Waals surface area contributed by atoms with E-state index < -0.39 is 16.3 Å². The number of alkyl halides is 2. The lowest BCUT2D eigenvalue weighted by Gasteiger charge is -2.27. The molecule has 0 radical (unpaired) electrons. The highest BCUT2D eigenvalue weighted by molar-refractivity contribution is 6.46. The molecule has 78 valence electrons. The number of carbonyl (C=O) groups is 1. The second-order valence-electron chi connectivity index (χ2n) is 2.72. The summed E-state index contributed by atoms with van der Waals surface area (Å²) in [5.74, 6) is -0.615. The van der Waals surface area contributed by atoms with Crippen LogP contribution in [0, 0.1) is 0 Å². The highest BCUT2D eigenvalue weighted by atomic mass is 35.5. The van der Waals surface area contributed by atoms with Crippen LogP contribution in [-0.2, 0) is 9.53 Å². The lowest BCUT2D eigenvalue weighted by atomic mass is 9.97. The molecule has 4 N–H and O–H groups in total. The van der Waals surface area contributed by atoms with Gasteiger partial charge in [-0.25, -0.2) is 4.79 Å². The Morgan fingerprint density at radius 1 is 1.62 bits per heavy atom. The minimum atomic E-state index is -1.35. The number of esters is 1. The molecule has 6 heteroatoms. The second-order valence-corrected chi connectivity index (χ2v) is 3.82. The van der Waals surface area contributed by atoms with Crippen LogP contribution in [0.1, 0.15) is 12.8 Å². The van der Waals surface area contributed by atoms with Crippen molar-refractivity contribution >= 4 is 29.2 Å². The molecule has 0 saturated carbocycles. The van der Waals surface area contributed by atoms with Crippen molar-refractivity contribution in [2.75, 3.05) is 13.7 Å². The van der Waals surface area contributed by atoms with Gasteiger partial charge in [-0.15, -0.1) is 23.2 Å². The van der Waals surface area contributed by atoms with Crippen LogP contribution in [-0.4, -0.2) is 30.0 Å². The van der Waals surface area contributed by atoms with Crippen molar-refractivity contribution in [1.29, 1.82) is 0 Å². The van der Waals surface area contributed by atoms with Gasteiger partial charge in [-0.05, 0) is 19.4 Å². The topological polar surface area (TPSA) is 78.3 Å². The van der Waals surface area contributed by atoms with Gasteiger partial charge in [0.15, 0.2) is 0 Å². The lowest BCUT2D eigenvalue weighted by molar-refractivity contribution is -0.146. The number of rotatable bonds is 5. The largest absolute Gasteiger partial charge is 0.468 e. The molecule has 13 heavy (non-hydrogen) atoms. The van der Waals surface area contributed by atoms with Crippen LogP contribution in [0.2, 0.25) is 0 Å². The van der Waals surface area contributed by atoms with E-state index >= 15 is 0 Å². The number of hydrogen-bond acceptors (Lipinski definition) is 4. The number of hydrogen-bond donors (Lipinski definition) is 2. The quantitative estimate of drug-likeness (QED) is 0.528. The van der Waals surface area contributed by atoms with E-state index in [1.807, 2.05) is 0 Å². The molecule has 0 rings (SSSR count). The number of carbonyl (C=O) groups excluding carboxylic acids is 1. The molecule has 0 aliphatic carbocycles. The van der Waals surface area contributed by atoms with Gasteiger partial charge in [-0.1, -0.05) is 0 Å². The molecular weight excluding hydrogens is 215 g/mol. The molecule has 0 spiro atoms. The Kier molecular flexibility index (Phi) is 5.64. The normalized spacial score (nSPS) is 15.5.